The third kappa shape index (κ3) is 2.58. The second kappa shape index (κ2) is 6.35. The lowest BCUT2D eigenvalue weighted by molar-refractivity contribution is 1.06. The number of hydrogen-bond acceptors (Lipinski definition) is 5. The quantitative estimate of drug-likeness (QED) is 0.473. The van der Waals surface area contributed by atoms with Crippen LogP contribution in [-0.2, 0) is 0 Å². The van der Waals surface area contributed by atoms with Gasteiger partial charge in [0, 0.05) is 52.9 Å². The molecule has 8 nitrogen and oxygen atoms in total. The van der Waals surface area contributed by atoms with Gasteiger partial charge in [0.1, 0.15) is 11.3 Å². The number of aromatic amines is 2. The molecule has 6 heterocycles. The van der Waals surface area contributed by atoms with Crippen LogP contribution in [0.4, 0.5) is 0 Å². The molecule has 6 aromatic heterocycles. The van der Waals surface area contributed by atoms with Gasteiger partial charge in [0.2, 0.25) is 0 Å². The highest BCUT2D eigenvalue weighted by atomic mass is 15.2. The number of nitrogens with one attached hydrogen (secondary N) is 2. The average Bonchev–Trinajstić information content (AvgIpc) is 3.51. The van der Waals surface area contributed by atoms with Crippen LogP contribution in [-0.4, -0.2) is 39.7 Å². The fraction of sp³-hybridized carbons (Fsp3) is 0.0455. The molecule has 0 aliphatic rings. The van der Waals surface area contributed by atoms with E-state index in [9.17, 15) is 0 Å². The molecule has 0 bridgehead atoms. The van der Waals surface area contributed by atoms with E-state index in [0.29, 0.717) is 0 Å². The van der Waals surface area contributed by atoms with Crippen molar-refractivity contribution in [3.63, 3.8) is 0 Å². The zero-order chi connectivity index (χ0) is 20.1. The minimum atomic E-state index is 0.731. The molecule has 0 saturated heterocycles. The van der Waals surface area contributed by atoms with E-state index in [-0.39, 0.29) is 0 Å². The van der Waals surface area contributed by atoms with Gasteiger partial charge in [-0.15, -0.1) is 0 Å². The summed E-state index contributed by atoms with van der Waals surface area (Å²) in [5.74, 6) is 0. The second-order valence-corrected chi connectivity index (χ2v) is 7.13. The molecule has 0 aliphatic heterocycles. The van der Waals surface area contributed by atoms with E-state index in [1.807, 2.05) is 54.6 Å². The van der Waals surface area contributed by atoms with E-state index < -0.39 is 0 Å². The molecule has 6 aromatic rings. The van der Waals surface area contributed by atoms with Gasteiger partial charge in [0.05, 0.1) is 23.4 Å². The number of pyridine rings is 3. The molecule has 0 atom stereocenters. The Labute approximate surface area is 170 Å². The fourth-order valence-electron chi connectivity index (χ4n) is 3.72. The topological polar surface area (TPSA) is 101 Å². The molecule has 0 aromatic carbocycles. The predicted octanol–water partition coefficient (Wildman–Crippen LogP) is 4.06. The summed E-state index contributed by atoms with van der Waals surface area (Å²) in [7, 11) is 0. The Morgan fingerprint density at radius 3 is 2.70 bits per heavy atom. The van der Waals surface area contributed by atoms with Crippen LogP contribution in [0, 0.1) is 6.92 Å². The normalized spacial score (nSPS) is 11.5. The van der Waals surface area contributed by atoms with E-state index in [2.05, 4.69) is 47.2 Å². The van der Waals surface area contributed by atoms with Crippen molar-refractivity contribution in [1.29, 1.82) is 0 Å². The minimum absolute atomic E-state index is 0.731. The number of fused-ring (bicyclic) bond motifs is 2. The van der Waals surface area contributed by atoms with Gasteiger partial charge < -0.3 is 9.55 Å². The maximum absolute atomic E-state index is 4.54. The second-order valence-electron chi connectivity index (χ2n) is 7.13. The summed E-state index contributed by atoms with van der Waals surface area (Å²) >= 11 is 0. The fourth-order valence-corrected chi connectivity index (χ4v) is 3.72. The lowest BCUT2D eigenvalue weighted by atomic mass is 10.1. The smallest absolute Gasteiger partial charge is 0.155 e. The zero-order valence-electron chi connectivity index (χ0n) is 16.0. The first-order chi connectivity index (χ1) is 14.8. The lowest BCUT2D eigenvalue weighted by Crippen LogP contribution is -1.91. The van der Waals surface area contributed by atoms with E-state index in [0.717, 1.165) is 56.0 Å². The summed E-state index contributed by atoms with van der Waals surface area (Å²) in [5.41, 5.74) is 7.17. The van der Waals surface area contributed by atoms with Crippen LogP contribution in [0.25, 0.3) is 50.3 Å². The number of nitrogens with zero attached hydrogens (tertiary/aromatic N) is 6. The van der Waals surface area contributed by atoms with Crippen molar-refractivity contribution in [2.45, 2.75) is 6.92 Å². The minimum Gasteiger partial charge on any atom is -0.338 e. The van der Waals surface area contributed by atoms with Crippen molar-refractivity contribution in [2.75, 3.05) is 0 Å². The summed E-state index contributed by atoms with van der Waals surface area (Å²) in [5, 5.41) is 9.48. The Hall–Kier alpha value is -4.33. The van der Waals surface area contributed by atoms with Gasteiger partial charge in [-0.1, -0.05) is 6.07 Å². The number of hydrogen-bond donors (Lipinski definition) is 2. The van der Waals surface area contributed by atoms with Crippen LogP contribution < -0.4 is 0 Å². The van der Waals surface area contributed by atoms with Gasteiger partial charge in [-0.05, 0) is 31.2 Å². The first-order valence-corrected chi connectivity index (χ1v) is 9.50. The summed E-state index contributed by atoms with van der Waals surface area (Å²) in [6.45, 7) is 1.97. The number of H-pyrrole nitrogens is 2. The zero-order valence-corrected chi connectivity index (χ0v) is 16.0. The highest BCUT2D eigenvalue weighted by Gasteiger charge is 2.15. The molecule has 0 amide bonds. The Balaban J connectivity index is 1.52. The Morgan fingerprint density at radius 2 is 1.87 bits per heavy atom. The Kier molecular flexibility index (Phi) is 3.51. The molecule has 0 saturated carbocycles. The standard InChI is InChI=1S/C22H16N8/c1-13-11-30(12-26-13)19-4-6-24-21-16(19)8-18(27-21)20-17-7-15(10-25-22(17)29-28-20)14-3-2-5-23-9-14/h2-12H,1H3,(H,24,27)(H,25,28,29). The average molecular weight is 392 g/mol. The number of rotatable bonds is 3. The van der Waals surface area contributed by atoms with Crippen LogP contribution >= 0.6 is 0 Å². The summed E-state index contributed by atoms with van der Waals surface area (Å²) in [6.07, 6.45) is 11.0. The van der Waals surface area contributed by atoms with Crippen LogP contribution in [0.3, 0.4) is 0 Å². The number of aromatic nitrogens is 8. The molecule has 0 spiro atoms. The van der Waals surface area contributed by atoms with Gasteiger partial charge >= 0.3 is 0 Å². The van der Waals surface area contributed by atoms with E-state index in [4.69, 9.17) is 0 Å². The van der Waals surface area contributed by atoms with E-state index >= 15 is 0 Å². The molecular weight excluding hydrogens is 376 g/mol. The maximum atomic E-state index is 4.54. The number of imidazole rings is 1. The van der Waals surface area contributed by atoms with Gasteiger partial charge in [-0.3, -0.25) is 10.1 Å². The molecule has 0 unspecified atom stereocenters. The van der Waals surface area contributed by atoms with Gasteiger partial charge in [0.25, 0.3) is 0 Å². The molecule has 0 fully saturated rings. The molecule has 2 N–H and O–H groups in total. The van der Waals surface area contributed by atoms with E-state index in [1.54, 1.807) is 12.4 Å². The van der Waals surface area contributed by atoms with Gasteiger partial charge in [-0.2, -0.15) is 5.10 Å². The first kappa shape index (κ1) is 16.6. The monoisotopic (exact) mass is 392 g/mol. The summed E-state index contributed by atoms with van der Waals surface area (Å²) in [4.78, 5) is 21.0. The Bertz CT molecular complexity index is 1510. The van der Waals surface area contributed by atoms with Crippen molar-refractivity contribution >= 4 is 22.1 Å². The highest BCUT2D eigenvalue weighted by molar-refractivity contribution is 5.97. The van der Waals surface area contributed by atoms with Gasteiger partial charge in [-0.25, -0.2) is 15.0 Å². The van der Waals surface area contributed by atoms with Crippen LogP contribution in [0.5, 0.6) is 0 Å². The van der Waals surface area contributed by atoms with E-state index in [1.165, 1.54) is 0 Å². The largest absolute Gasteiger partial charge is 0.338 e. The van der Waals surface area contributed by atoms with Crippen LogP contribution in [0.2, 0.25) is 0 Å². The first-order valence-electron chi connectivity index (χ1n) is 9.50. The summed E-state index contributed by atoms with van der Waals surface area (Å²) in [6, 6.07) is 10.1. The van der Waals surface area contributed by atoms with Crippen molar-refractivity contribution in [2.24, 2.45) is 0 Å². The number of aryl methyl sites for hydroxylation is 1. The molecule has 30 heavy (non-hydrogen) atoms. The molecule has 0 radical (unpaired) electrons. The highest BCUT2D eigenvalue weighted by Crippen LogP contribution is 2.31. The SMILES string of the molecule is Cc1cn(-c2ccnc3[nH]c(-c4n[nH]c5ncc(-c6cccnc6)cc45)cc23)cn1. The molecule has 6 rings (SSSR count). The van der Waals surface area contributed by atoms with Crippen molar-refractivity contribution in [3.8, 4) is 28.2 Å². The third-order valence-corrected chi connectivity index (χ3v) is 5.17. The molecule has 0 aliphatic carbocycles. The molecule has 144 valence electrons. The summed E-state index contributed by atoms with van der Waals surface area (Å²) < 4.78 is 2.00. The third-order valence-electron chi connectivity index (χ3n) is 5.17. The van der Waals surface area contributed by atoms with Crippen molar-refractivity contribution in [3.05, 3.63) is 73.3 Å². The molecule has 8 heteroatoms. The van der Waals surface area contributed by atoms with Crippen molar-refractivity contribution < 1.29 is 0 Å². The van der Waals surface area contributed by atoms with Gasteiger partial charge in [0.15, 0.2) is 5.65 Å². The molecular formula is C22H16N8. The van der Waals surface area contributed by atoms with Crippen LogP contribution in [0.1, 0.15) is 5.69 Å². The predicted molar refractivity (Wildman–Crippen MR) is 114 cm³/mol. The maximum Gasteiger partial charge on any atom is 0.155 e. The Morgan fingerprint density at radius 1 is 0.900 bits per heavy atom. The van der Waals surface area contributed by atoms with Crippen LogP contribution in [0.15, 0.2) is 67.6 Å². The van der Waals surface area contributed by atoms with Crippen molar-refractivity contribution in [1.82, 2.24) is 39.7 Å². The lowest BCUT2D eigenvalue weighted by Gasteiger charge is -2.02.